The number of aromatic nitrogens is 3. The largest absolute Gasteiger partial charge is 0.387 e. The summed E-state index contributed by atoms with van der Waals surface area (Å²) < 4.78 is 1.73. The van der Waals surface area contributed by atoms with Crippen molar-refractivity contribution in [1.82, 2.24) is 19.7 Å². The van der Waals surface area contributed by atoms with E-state index in [1.54, 1.807) is 11.0 Å². The number of hydrogen-bond donors (Lipinski definition) is 1. The minimum atomic E-state index is -0.493. The molecule has 0 fully saturated rings. The average molecular weight is 322 g/mol. The Morgan fingerprint density at radius 1 is 1.04 bits per heavy atom. The van der Waals surface area contributed by atoms with E-state index < -0.39 is 6.10 Å². The van der Waals surface area contributed by atoms with Gasteiger partial charge in [-0.3, -0.25) is 4.90 Å². The minimum Gasteiger partial charge on any atom is -0.387 e. The molecule has 0 radical (unpaired) electrons. The zero-order chi connectivity index (χ0) is 16.9. The number of rotatable bonds is 6. The lowest BCUT2D eigenvalue weighted by atomic mass is 10.0. The van der Waals surface area contributed by atoms with Crippen molar-refractivity contribution in [3.63, 3.8) is 0 Å². The predicted molar refractivity (Wildman–Crippen MR) is 93.8 cm³/mol. The van der Waals surface area contributed by atoms with Crippen molar-refractivity contribution in [2.45, 2.75) is 19.1 Å². The molecular weight excluding hydrogens is 300 g/mol. The smallest absolute Gasteiger partial charge is 0.138 e. The topological polar surface area (TPSA) is 54.2 Å². The van der Waals surface area contributed by atoms with E-state index in [1.807, 2.05) is 49.5 Å². The highest BCUT2D eigenvalue weighted by atomic mass is 16.3. The van der Waals surface area contributed by atoms with Crippen molar-refractivity contribution in [3.05, 3.63) is 78.4 Å². The molecule has 24 heavy (non-hydrogen) atoms. The fourth-order valence-electron chi connectivity index (χ4n) is 2.71. The van der Waals surface area contributed by atoms with E-state index >= 15 is 0 Å². The highest BCUT2D eigenvalue weighted by molar-refractivity contribution is 5.34. The summed E-state index contributed by atoms with van der Waals surface area (Å²) in [5, 5.41) is 14.5. The second kappa shape index (κ2) is 7.38. The predicted octanol–water partition coefficient (Wildman–Crippen LogP) is 2.99. The normalized spacial score (nSPS) is 13.8. The molecule has 1 heterocycles. The zero-order valence-electron chi connectivity index (χ0n) is 13.9. The SMILES string of the molecule is C[C@H](c1ccc(-n2cncn2)cc1)N(C)C[C@@H](O)c1ccccc1. The van der Waals surface area contributed by atoms with E-state index in [-0.39, 0.29) is 6.04 Å². The number of likely N-dealkylation sites (N-methyl/N-ethyl adjacent to an activating group) is 1. The van der Waals surface area contributed by atoms with Crippen molar-refractivity contribution in [1.29, 1.82) is 0 Å². The maximum absolute atomic E-state index is 10.4. The van der Waals surface area contributed by atoms with Crippen molar-refractivity contribution >= 4 is 0 Å². The Morgan fingerprint density at radius 2 is 1.75 bits per heavy atom. The number of aliphatic hydroxyl groups is 1. The Morgan fingerprint density at radius 3 is 2.38 bits per heavy atom. The van der Waals surface area contributed by atoms with E-state index in [0.29, 0.717) is 6.54 Å². The Balaban J connectivity index is 1.66. The van der Waals surface area contributed by atoms with Crippen LogP contribution in [0, 0.1) is 0 Å². The van der Waals surface area contributed by atoms with E-state index in [9.17, 15) is 5.11 Å². The van der Waals surface area contributed by atoms with Crippen LogP contribution in [0.3, 0.4) is 0 Å². The molecule has 0 saturated heterocycles. The fourth-order valence-corrected chi connectivity index (χ4v) is 2.71. The third-order valence-electron chi connectivity index (χ3n) is 4.37. The van der Waals surface area contributed by atoms with Crippen molar-refractivity contribution in [2.75, 3.05) is 13.6 Å². The number of hydrogen-bond acceptors (Lipinski definition) is 4. The molecule has 0 amide bonds. The van der Waals surface area contributed by atoms with Crippen molar-refractivity contribution in [2.24, 2.45) is 0 Å². The third-order valence-corrected chi connectivity index (χ3v) is 4.37. The maximum atomic E-state index is 10.4. The molecule has 0 aliphatic heterocycles. The van der Waals surface area contributed by atoms with Crippen LogP contribution in [0.4, 0.5) is 0 Å². The summed E-state index contributed by atoms with van der Waals surface area (Å²) in [6.45, 7) is 2.72. The molecule has 1 N–H and O–H groups in total. The lowest BCUT2D eigenvalue weighted by Crippen LogP contribution is -2.27. The van der Waals surface area contributed by atoms with Crippen LogP contribution in [-0.4, -0.2) is 38.4 Å². The molecule has 0 bridgehead atoms. The molecule has 2 atom stereocenters. The Kier molecular flexibility index (Phi) is 5.03. The molecule has 124 valence electrons. The van der Waals surface area contributed by atoms with Crippen LogP contribution in [0.15, 0.2) is 67.3 Å². The molecule has 2 aromatic carbocycles. The monoisotopic (exact) mass is 322 g/mol. The molecular formula is C19H22N4O. The van der Waals surface area contributed by atoms with Crippen LogP contribution in [0.2, 0.25) is 0 Å². The van der Waals surface area contributed by atoms with Crippen molar-refractivity contribution in [3.8, 4) is 5.69 Å². The molecule has 0 unspecified atom stereocenters. The molecule has 1 aromatic heterocycles. The Bertz CT molecular complexity index is 741. The lowest BCUT2D eigenvalue weighted by Gasteiger charge is -2.27. The van der Waals surface area contributed by atoms with Crippen molar-refractivity contribution < 1.29 is 5.11 Å². The van der Waals surface area contributed by atoms with E-state index in [0.717, 1.165) is 11.3 Å². The van der Waals surface area contributed by atoms with Gasteiger partial charge in [0.1, 0.15) is 12.7 Å². The average Bonchev–Trinajstić information content (AvgIpc) is 3.16. The maximum Gasteiger partial charge on any atom is 0.138 e. The van der Waals surface area contributed by atoms with Gasteiger partial charge in [-0.05, 0) is 37.2 Å². The number of nitrogens with zero attached hydrogens (tertiary/aromatic N) is 4. The van der Waals surface area contributed by atoms with Gasteiger partial charge < -0.3 is 5.11 Å². The quantitative estimate of drug-likeness (QED) is 0.758. The molecule has 0 saturated carbocycles. The van der Waals surface area contributed by atoms with Crippen LogP contribution in [0.1, 0.15) is 30.2 Å². The van der Waals surface area contributed by atoms with Gasteiger partial charge in [0.2, 0.25) is 0 Å². The fraction of sp³-hybridized carbons (Fsp3) is 0.263. The number of aliphatic hydroxyl groups excluding tert-OH is 1. The van der Waals surface area contributed by atoms with Gasteiger partial charge in [-0.1, -0.05) is 42.5 Å². The second-order valence-electron chi connectivity index (χ2n) is 5.97. The summed E-state index contributed by atoms with van der Waals surface area (Å²) in [7, 11) is 2.03. The first-order valence-corrected chi connectivity index (χ1v) is 8.03. The second-order valence-corrected chi connectivity index (χ2v) is 5.97. The van der Waals surface area contributed by atoms with E-state index in [4.69, 9.17) is 0 Å². The molecule has 5 heteroatoms. The van der Waals surface area contributed by atoms with Gasteiger partial charge in [-0.25, -0.2) is 9.67 Å². The standard InChI is InChI=1S/C19H22N4O/c1-15(22(2)12-19(24)17-6-4-3-5-7-17)16-8-10-18(11-9-16)23-14-20-13-21-23/h3-11,13-15,19,24H,12H2,1-2H3/t15-,19-/m1/s1. The van der Waals surface area contributed by atoms with E-state index in [1.165, 1.54) is 11.9 Å². The van der Waals surface area contributed by atoms with Crippen LogP contribution >= 0.6 is 0 Å². The summed E-state index contributed by atoms with van der Waals surface area (Å²) in [6, 6.07) is 18.2. The first-order valence-electron chi connectivity index (χ1n) is 8.03. The summed E-state index contributed by atoms with van der Waals surface area (Å²) in [6.07, 6.45) is 2.71. The minimum absolute atomic E-state index is 0.202. The molecule has 3 aromatic rings. The summed E-state index contributed by atoms with van der Waals surface area (Å²) in [5.41, 5.74) is 3.12. The Hall–Kier alpha value is -2.50. The van der Waals surface area contributed by atoms with Gasteiger partial charge in [0.05, 0.1) is 11.8 Å². The van der Waals surface area contributed by atoms with Crippen LogP contribution < -0.4 is 0 Å². The summed E-state index contributed by atoms with van der Waals surface area (Å²) in [5.74, 6) is 0. The first kappa shape index (κ1) is 16.4. The summed E-state index contributed by atoms with van der Waals surface area (Å²) in [4.78, 5) is 6.12. The van der Waals surface area contributed by atoms with E-state index in [2.05, 4.69) is 34.0 Å². The molecule has 5 nitrogen and oxygen atoms in total. The number of benzene rings is 2. The lowest BCUT2D eigenvalue weighted by molar-refractivity contribution is 0.108. The van der Waals surface area contributed by atoms with Gasteiger partial charge >= 0.3 is 0 Å². The highest BCUT2D eigenvalue weighted by Crippen LogP contribution is 2.23. The van der Waals surface area contributed by atoms with Gasteiger partial charge in [-0.15, -0.1) is 0 Å². The highest BCUT2D eigenvalue weighted by Gasteiger charge is 2.16. The third kappa shape index (κ3) is 3.69. The molecule has 0 spiro atoms. The van der Waals surface area contributed by atoms with Gasteiger partial charge in [-0.2, -0.15) is 5.10 Å². The molecule has 0 aliphatic carbocycles. The summed E-state index contributed by atoms with van der Waals surface area (Å²) >= 11 is 0. The van der Waals surface area contributed by atoms with Crippen LogP contribution in [0.25, 0.3) is 5.69 Å². The van der Waals surface area contributed by atoms with Crippen LogP contribution in [0.5, 0.6) is 0 Å². The molecule has 3 rings (SSSR count). The van der Waals surface area contributed by atoms with Gasteiger partial charge in [0.25, 0.3) is 0 Å². The van der Waals surface area contributed by atoms with Crippen LogP contribution in [-0.2, 0) is 0 Å². The molecule has 0 aliphatic rings. The van der Waals surface area contributed by atoms with Gasteiger partial charge in [0, 0.05) is 12.6 Å². The zero-order valence-corrected chi connectivity index (χ0v) is 13.9. The van der Waals surface area contributed by atoms with Gasteiger partial charge in [0.15, 0.2) is 0 Å². The Labute approximate surface area is 142 Å². The first-order chi connectivity index (χ1) is 11.6.